The average molecular weight is 589 g/mol. The van der Waals surface area contributed by atoms with E-state index >= 15 is 0 Å². The number of nitrogens with one attached hydrogen (secondary N) is 2. The van der Waals surface area contributed by atoms with Gasteiger partial charge in [0.2, 0.25) is 11.9 Å². The van der Waals surface area contributed by atoms with Crippen molar-refractivity contribution >= 4 is 40.9 Å². The van der Waals surface area contributed by atoms with Crippen LogP contribution in [-0.2, 0) is 14.3 Å². The summed E-state index contributed by atoms with van der Waals surface area (Å²) < 4.78 is 16.8. The van der Waals surface area contributed by atoms with Crippen LogP contribution in [-0.4, -0.2) is 98.3 Å². The molecule has 2 aliphatic rings. The number of benzene rings is 1. The van der Waals surface area contributed by atoms with Gasteiger partial charge in [-0.2, -0.15) is 4.98 Å². The molecule has 224 valence electrons. The molecule has 2 amide bonds. The molecule has 11 nitrogen and oxygen atoms in total. The number of anilines is 3. The number of halogens is 1. The normalized spacial score (nSPS) is 15.7. The van der Waals surface area contributed by atoms with Crippen molar-refractivity contribution in [1.29, 1.82) is 0 Å². The molecule has 4 rings (SSSR count). The zero-order chi connectivity index (χ0) is 29.0. The summed E-state index contributed by atoms with van der Waals surface area (Å²) in [5.41, 5.74) is 1.11. The summed E-state index contributed by atoms with van der Waals surface area (Å²) in [7, 11) is 3.26. The van der Waals surface area contributed by atoms with Crippen molar-refractivity contribution in [1.82, 2.24) is 19.8 Å². The van der Waals surface area contributed by atoms with E-state index in [2.05, 4.69) is 20.6 Å². The smallest absolute Gasteiger partial charge is 0.254 e. The van der Waals surface area contributed by atoms with E-state index in [4.69, 9.17) is 25.8 Å². The Morgan fingerprint density at radius 1 is 1.02 bits per heavy atom. The van der Waals surface area contributed by atoms with E-state index in [1.54, 1.807) is 35.0 Å². The van der Waals surface area contributed by atoms with Crippen molar-refractivity contribution in [2.24, 2.45) is 5.92 Å². The molecule has 0 atom stereocenters. The maximum Gasteiger partial charge on any atom is 0.254 e. The predicted molar refractivity (Wildman–Crippen MR) is 158 cm³/mol. The second kappa shape index (κ2) is 15.7. The van der Waals surface area contributed by atoms with Gasteiger partial charge in [0.15, 0.2) is 0 Å². The van der Waals surface area contributed by atoms with Crippen molar-refractivity contribution in [3.8, 4) is 5.75 Å². The van der Waals surface area contributed by atoms with Crippen LogP contribution in [0.1, 0.15) is 48.9 Å². The fourth-order valence-electron chi connectivity index (χ4n) is 5.18. The van der Waals surface area contributed by atoms with Crippen LogP contribution in [0.5, 0.6) is 5.75 Å². The summed E-state index contributed by atoms with van der Waals surface area (Å²) >= 11 is 6.06. The van der Waals surface area contributed by atoms with Crippen molar-refractivity contribution in [3.63, 3.8) is 0 Å². The fourth-order valence-corrected chi connectivity index (χ4v) is 5.37. The summed E-state index contributed by atoms with van der Waals surface area (Å²) in [5.74, 6) is 2.08. The van der Waals surface area contributed by atoms with Crippen LogP contribution < -0.4 is 15.4 Å². The molecule has 2 fully saturated rings. The highest BCUT2D eigenvalue weighted by Crippen LogP contribution is 2.30. The highest BCUT2D eigenvalue weighted by molar-refractivity contribution is 6.32. The maximum absolute atomic E-state index is 13.2. The van der Waals surface area contributed by atoms with E-state index in [0.29, 0.717) is 86.2 Å². The topological polar surface area (TPSA) is 118 Å². The van der Waals surface area contributed by atoms with Crippen LogP contribution in [0.15, 0.2) is 24.4 Å². The molecular formula is C29H41ClN6O5. The summed E-state index contributed by atoms with van der Waals surface area (Å²) in [5, 5.41) is 6.42. The minimum absolute atomic E-state index is 0.0437. The van der Waals surface area contributed by atoms with Gasteiger partial charge in [0.1, 0.15) is 16.6 Å². The molecule has 1 aromatic heterocycles. The second-order valence-electron chi connectivity index (χ2n) is 10.3. The van der Waals surface area contributed by atoms with Crippen LogP contribution >= 0.6 is 11.6 Å². The summed E-state index contributed by atoms with van der Waals surface area (Å²) in [4.78, 5) is 37.9. The Bertz CT molecular complexity index is 1150. The molecule has 2 N–H and O–H groups in total. The van der Waals surface area contributed by atoms with Gasteiger partial charge in [-0.25, -0.2) is 4.98 Å². The van der Waals surface area contributed by atoms with Crippen LogP contribution in [0.25, 0.3) is 0 Å². The second-order valence-corrected chi connectivity index (χ2v) is 10.7. The Labute approximate surface area is 246 Å². The molecule has 2 aromatic rings. The zero-order valence-electron chi connectivity index (χ0n) is 24.0. The SMILES string of the molecule is CNc1nc(Nc2ccc(C(=O)N3CCN(C(=O)CCOCCOCCC4CCCC4)CC3)cc2OC)ncc1Cl. The van der Waals surface area contributed by atoms with Gasteiger partial charge in [-0.1, -0.05) is 37.3 Å². The summed E-state index contributed by atoms with van der Waals surface area (Å²) in [6, 6.07) is 5.17. The molecule has 1 saturated carbocycles. The van der Waals surface area contributed by atoms with Crippen LogP contribution in [0.2, 0.25) is 5.02 Å². The van der Waals surface area contributed by atoms with Crippen LogP contribution in [0.4, 0.5) is 17.5 Å². The minimum atomic E-state index is -0.113. The number of ether oxygens (including phenoxy) is 3. The maximum atomic E-state index is 13.2. The number of hydrogen-bond donors (Lipinski definition) is 2. The fraction of sp³-hybridized carbons (Fsp3) is 0.586. The highest BCUT2D eigenvalue weighted by atomic mass is 35.5. The largest absolute Gasteiger partial charge is 0.495 e. The average Bonchev–Trinajstić information content (AvgIpc) is 3.53. The Morgan fingerprint density at radius 3 is 2.44 bits per heavy atom. The lowest BCUT2D eigenvalue weighted by molar-refractivity contribution is -0.133. The van der Waals surface area contributed by atoms with E-state index in [9.17, 15) is 9.59 Å². The van der Waals surface area contributed by atoms with E-state index in [1.165, 1.54) is 39.0 Å². The van der Waals surface area contributed by atoms with E-state index < -0.39 is 0 Å². The Hall–Kier alpha value is -3.15. The van der Waals surface area contributed by atoms with Gasteiger partial charge in [-0.05, 0) is 30.5 Å². The van der Waals surface area contributed by atoms with Crippen molar-refractivity contribution in [2.45, 2.75) is 38.5 Å². The minimum Gasteiger partial charge on any atom is -0.495 e. The molecule has 0 bridgehead atoms. The van der Waals surface area contributed by atoms with E-state index in [0.717, 1.165) is 18.9 Å². The third-order valence-electron chi connectivity index (χ3n) is 7.57. The van der Waals surface area contributed by atoms with Crippen molar-refractivity contribution < 1.29 is 23.8 Å². The molecular weight excluding hydrogens is 548 g/mol. The molecule has 0 spiro atoms. The van der Waals surface area contributed by atoms with Gasteiger partial charge in [0.05, 0.1) is 45.2 Å². The molecule has 1 aliphatic carbocycles. The lowest BCUT2D eigenvalue weighted by Crippen LogP contribution is -2.50. The Kier molecular flexibility index (Phi) is 11.8. The number of carbonyl (C=O) groups is 2. The highest BCUT2D eigenvalue weighted by Gasteiger charge is 2.25. The lowest BCUT2D eigenvalue weighted by Gasteiger charge is -2.35. The molecule has 12 heteroatoms. The number of methoxy groups -OCH3 is 1. The van der Waals surface area contributed by atoms with Gasteiger partial charge < -0.3 is 34.6 Å². The van der Waals surface area contributed by atoms with E-state index in [1.807, 2.05) is 0 Å². The first-order chi connectivity index (χ1) is 20.0. The lowest BCUT2D eigenvalue weighted by atomic mass is 10.1. The summed E-state index contributed by atoms with van der Waals surface area (Å²) in [6.45, 7) is 4.15. The molecule has 0 radical (unpaired) electrons. The van der Waals surface area contributed by atoms with Gasteiger partial charge in [-0.15, -0.1) is 0 Å². The number of nitrogens with zero attached hydrogens (tertiary/aromatic N) is 4. The molecule has 1 aliphatic heterocycles. The number of piperazine rings is 1. The number of rotatable bonds is 14. The molecule has 2 heterocycles. The first-order valence-electron chi connectivity index (χ1n) is 14.4. The third kappa shape index (κ3) is 8.92. The predicted octanol–water partition coefficient (Wildman–Crippen LogP) is 4.21. The third-order valence-corrected chi connectivity index (χ3v) is 7.85. The van der Waals surface area contributed by atoms with Gasteiger partial charge in [0, 0.05) is 45.4 Å². The zero-order valence-corrected chi connectivity index (χ0v) is 24.8. The Balaban J connectivity index is 1.17. The number of hydrogen-bond acceptors (Lipinski definition) is 9. The monoisotopic (exact) mass is 588 g/mol. The summed E-state index contributed by atoms with van der Waals surface area (Å²) in [6.07, 6.45) is 8.35. The molecule has 1 aromatic carbocycles. The Morgan fingerprint density at radius 2 is 1.73 bits per heavy atom. The molecule has 1 saturated heterocycles. The number of amides is 2. The van der Waals surface area contributed by atoms with Crippen molar-refractivity contribution in [2.75, 3.05) is 77.4 Å². The first-order valence-corrected chi connectivity index (χ1v) is 14.7. The van der Waals surface area contributed by atoms with Crippen LogP contribution in [0, 0.1) is 5.92 Å². The van der Waals surface area contributed by atoms with Gasteiger partial charge in [0.25, 0.3) is 5.91 Å². The first kappa shape index (κ1) is 30.8. The quantitative estimate of drug-likeness (QED) is 0.313. The van der Waals surface area contributed by atoms with E-state index in [-0.39, 0.29) is 11.8 Å². The van der Waals surface area contributed by atoms with Gasteiger partial charge in [-0.3, -0.25) is 9.59 Å². The number of carbonyl (C=O) groups excluding carboxylic acids is 2. The standard InChI is InChI=1S/C29H41ClN6O5/c1-31-27-23(30)20-32-29(34-27)33-24-8-7-22(19-25(24)39-2)28(38)36-13-11-35(12-14-36)26(37)10-16-41-18-17-40-15-9-21-5-3-4-6-21/h7-8,19-21H,3-6,9-18H2,1-2H3,(H2,31,32,33,34). The number of aromatic nitrogens is 2. The molecule has 41 heavy (non-hydrogen) atoms. The van der Waals surface area contributed by atoms with Crippen LogP contribution in [0.3, 0.4) is 0 Å². The van der Waals surface area contributed by atoms with Gasteiger partial charge >= 0.3 is 0 Å². The van der Waals surface area contributed by atoms with Crippen molar-refractivity contribution in [3.05, 3.63) is 35.0 Å². The molecule has 0 unspecified atom stereocenters.